The Kier molecular flexibility index (Phi) is 4.96. The second-order valence-corrected chi connectivity index (χ2v) is 6.86. The van der Waals surface area contributed by atoms with E-state index in [4.69, 9.17) is 4.74 Å². The number of aromatic nitrogens is 2. The Morgan fingerprint density at radius 3 is 2.24 bits per heavy atom. The first-order valence-corrected chi connectivity index (χ1v) is 9.30. The highest BCUT2D eigenvalue weighted by atomic mass is 16.5. The van der Waals surface area contributed by atoms with E-state index in [1.54, 1.807) is 35.9 Å². The van der Waals surface area contributed by atoms with Crippen molar-refractivity contribution < 1.29 is 14.3 Å². The molecule has 29 heavy (non-hydrogen) atoms. The number of carbonyl (C=O) groups excluding carboxylic acids is 2. The third-order valence-electron chi connectivity index (χ3n) is 4.89. The van der Waals surface area contributed by atoms with Gasteiger partial charge in [0.2, 0.25) is 5.78 Å². The molecule has 0 saturated carbocycles. The monoisotopic (exact) mass is 384 g/mol. The second kappa shape index (κ2) is 7.72. The zero-order chi connectivity index (χ0) is 20.4. The van der Waals surface area contributed by atoms with Crippen molar-refractivity contribution in [3.8, 4) is 5.75 Å². The van der Waals surface area contributed by atoms with E-state index in [9.17, 15) is 9.59 Å². The molecular formula is C24H20N2O3. The summed E-state index contributed by atoms with van der Waals surface area (Å²) in [6.45, 7) is 2.02. The van der Waals surface area contributed by atoms with Gasteiger partial charge in [0.25, 0.3) is 0 Å². The molecule has 0 N–H and O–H groups in total. The number of imidazole rings is 1. The van der Waals surface area contributed by atoms with E-state index in [2.05, 4.69) is 4.98 Å². The van der Waals surface area contributed by atoms with E-state index in [0.717, 1.165) is 11.1 Å². The number of methoxy groups -OCH3 is 1. The quantitative estimate of drug-likeness (QED) is 0.460. The largest absolute Gasteiger partial charge is 0.497 e. The molecule has 4 aromatic rings. The van der Waals surface area contributed by atoms with Gasteiger partial charge >= 0.3 is 0 Å². The van der Waals surface area contributed by atoms with Crippen LogP contribution in [-0.4, -0.2) is 28.2 Å². The summed E-state index contributed by atoms with van der Waals surface area (Å²) in [5.41, 5.74) is 3.62. The number of para-hydroxylation sites is 2. The number of ether oxygens (including phenoxy) is 1. The zero-order valence-corrected chi connectivity index (χ0v) is 16.3. The minimum atomic E-state index is -0.236. The van der Waals surface area contributed by atoms with Crippen LogP contribution in [0.4, 0.5) is 0 Å². The van der Waals surface area contributed by atoms with Crippen molar-refractivity contribution in [3.63, 3.8) is 0 Å². The lowest BCUT2D eigenvalue weighted by Crippen LogP contribution is -2.17. The van der Waals surface area contributed by atoms with Crippen LogP contribution < -0.4 is 4.74 Å². The van der Waals surface area contributed by atoms with Gasteiger partial charge in [-0.1, -0.05) is 42.0 Å². The molecule has 0 spiro atoms. The number of rotatable bonds is 6. The fourth-order valence-electron chi connectivity index (χ4n) is 3.25. The molecule has 144 valence electrons. The first-order chi connectivity index (χ1) is 14.1. The van der Waals surface area contributed by atoms with Crippen LogP contribution in [0.5, 0.6) is 5.75 Å². The lowest BCUT2D eigenvalue weighted by molar-refractivity contribution is 0.0968. The first-order valence-electron chi connectivity index (χ1n) is 9.30. The van der Waals surface area contributed by atoms with E-state index in [1.165, 1.54) is 0 Å². The molecule has 1 heterocycles. The highest BCUT2D eigenvalue weighted by molar-refractivity contribution is 6.09. The Morgan fingerprint density at radius 1 is 0.897 bits per heavy atom. The third-order valence-corrected chi connectivity index (χ3v) is 4.89. The first kappa shape index (κ1) is 18.6. The molecule has 5 nitrogen and oxygen atoms in total. The Labute approximate surface area is 168 Å². The number of hydrogen-bond donors (Lipinski definition) is 0. The molecule has 0 unspecified atom stereocenters. The summed E-state index contributed by atoms with van der Waals surface area (Å²) in [5, 5.41) is 0. The minimum absolute atomic E-state index is 0.0425. The number of benzene rings is 3. The smallest absolute Gasteiger partial charge is 0.228 e. The Bertz CT molecular complexity index is 1190. The van der Waals surface area contributed by atoms with Gasteiger partial charge < -0.3 is 9.30 Å². The predicted molar refractivity (Wildman–Crippen MR) is 112 cm³/mol. The van der Waals surface area contributed by atoms with Crippen LogP contribution in [0.3, 0.4) is 0 Å². The Balaban J connectivity index is 1.75. The summed E-state index contributed by atoms with van der Waals surface area (Å²) >= 11 is 0. The van der Waals surface area contributed by atoms with Gasteiger partial charge in [0.1, 0.15) is 5.75 Å². The van der Waals surface area contributed by atoms with Gasteiger partial charge in [-0.2, -0.15) is 0 Å². The fourth-order valence-corrected chi connectivity index (χ4v) is 3.25. The number of ketones is 2. The van der Waals surface area contributed by atoms with Crippen LogP contribution in [0.25, 0.3) is 11.0 Å². The van der Waals surface area contributed by atoms with Crippen LogP contribution in [0.2, 0.25) is 0 Å². The molecule has 0 bridgehead atoms. The molecule has 0 aliphatic rings. The van der Waals surface area contributed by atoms with Crippen molar-refractivity contribution in [1.82, 2.24) is 9.55 Å². The topological polar surface area (TPSA) is 61.2 Å². The molecule has 0 amide bonds. The molecule has 0 radical (unpaired) electrons. The van der Waals surface area contributed by atoms with Crippen molar-refractivity contribution in [1.29, 1.82) is 0 Å². The SMILES string of the molecule is COc1ccc(C(=O)c2nc3ccccc3n2CC(=O)c2ccc(C)cc2)cc1. The average molecular weight is 384 g/mol. The van der Waals surface area contributed by atoms with Crippen LogP contribution in [0, 0.1) is 6.92 Å². The lowest BCUT2D eigenvalue weighted by atomic mass is 10.1. The van der Waals surface area contributed by atoms with Crippen molar-refractivity contribution in [2.75, 3.05) is 7.11 Å². The van der Waals surface area contributed by atoms with Gasteiger partial charge in [0.15, 0.2) is 11.6 Å². The summed E-state index contributed by atoms with van der Waals surface area (Å²) in [6.07, 6.45) is 0. The number of carbonyl (C=O) groups is 2. The van der Waals surface area contributed by atoms with Crippen molar-refractivity contribution >= 4 is 22.6 Å². The standard InChI is InChI=1S/C24H20N2O3/c1-16-7-9-17(10-8-16)22(27)15-26-21-6-4-3-5-20(21)25-24(26)23(28)18-11-13-19(29-2)14-12-18/h3-14H,15H2,1-2H3. The highest BCUT2D eigenvalue weighted by Crippen LogP contribution is 2.21. The Hall–Kier alpha value is -3.73. The number of nitrogens with zero attached hydrogens (tertiary/aromatic N) is 2. The van der Waals surface area contributed by atoms with Crippen LogP contribution >= 0.6 is 0 Å². The molecule has 0 aliphatic carbocycles. The summed E-state index contributed by atoms with van der Waals surface area (Å²) in [5.74, 6) is 0.610. The summed E-state index contributed by atoms with van der Waals surface area (Å²) in [6, 6.07) is 21.7. The molecular weight excluding hydrogens is 364 g/mol. The van der Waals surface area contributed by atoms with Crippen LogP contribution in [0.15, 0.2) is 72.8 Å². The predicted octanol–water partition coefficient (Wildman–Crippen LogP) is 4.47. The number of Topliss-reactive ketones (excluding diaryl/α,β-unsaturated/α-hetero) is 1. The van der Waals surface area contributed by atoms with Gasteiger partial charge in [-0.25, -0.2) is 4.98 Å². The van der Waals surface area contributed by atoms with E-state index in [-0.39, 0.29) is 23.9 Å². The van der Waals surface area contributed by atoms with Crippen LogP contribution in [-0.2, 0) is 6.54 Å². The van der Waals surface area contributed by atoms with Gasteiger partial charge in [-0.15, -0.1) is 0 Å². The van der Waals surface area contributed by atoms with Crippen molar-refractivity contribution in [2.24, 2.45) is 0 Å². The number of aryl methyl sites for hydroxylation is 1. The lowest BCUT2D eigenvalue weighted by Gasteiger charge is -2.09. The van der Waals surface area contributed by atoms with Gasteiger partial charge in [-0.3, -0.25) is 9.59 Å². The van der Waals surface area contributed by atoms with Crippen molar-refractivity contribution in [3.05, 3.63) is 95.3 Å². The average Bonchev–Trinajstić information content (AvgIpc) is 3.12. The highest BCUT2D eigenvalue weighted by Gasteiger charge is 2.21. The maximum Gasteiger partial charge on any atom is 0.228 e. The Morgan fingerprint density at radius 2 is 1.55 bits per heavy atom. The van der Waals surface area contributed by atoms with E-state index in [1.807, 2.05) is 55.5 Å². The summed E-state index contributed by atoms with van der Waals surface area (Å²) in [4.78, 5) is 30.6. The molecule has 0 fully saturated rings. The number of fused-ring (bicyclic) bond motifs is 1. The van der Waals surface area contributed by atoms with E-state index in [0.29, 0.717) is 22.4 Å². The summed E-state index contributed by atoms with van der Waals surface area (Å²) < 4.78 is 6.86. The molecule has 0 aliphatic heterocycles. The molecule has 3 aromatic carbocycles. The molecule has 0 saturated heterocycles. The molecule has 5 heteroatoms. The van der Waals surface area contributed by atoms with Crippen LogP contribution in [0.1, 0.15) is 32.1 Å². The summed E-state index contributed by atoms with van der Waals surface area (Å²) in [7, 11) is 1.58. The zero-order valence-electron chi connectivity index (χ0n) is 16.3. The van der Waals surface area contributed by atoms with Gasteiger partial charge in [0, 0.05) is 11.1 Å². The minimum Gasteiger partial charge on any atom is -0.497 e. The fraction of sp³-hybridized carbons (Fsp3) is 0.125. The third kappa shape index (κ3) is 3.67. The molecule has 0 atom stereocenters. The number of hydrogen-bond acceptors (Lipinski definition) is 4. The van der Waals surface area contributed by atoms with Gasteiger partial charge in [0.05, 0.1) is 24.7 Å². The second-order valence-electron chi connectivity index (χ2n) is 6.86. The molecule has 4 rings (SSSR count). The maximum atomic E-state index is 13.2. The maximum absolute atomic E-state index is 13.2. The van der Waals surface area contributed by atoms with E-state index < -0.39 is 0 Å². The normalized spacial score (nSPS) is 10.8. The van der Waals surface area contributed by atoms with Crippen molar-refractivity contribution in [2.45, 2.75) is 13.5 Å². The van der Waals surface area contributed by atoms with Gasteiger partial charge in [-0.05, 0) is 43.3 Å². The van der Waals surface area contributed by atoms with E-state index >= 15 is 0 Å². The molecule has 1 aromatic heterocycles.